The van der Waals surface area contributed by atoms with Gasteiger partial charge in [0.2, 0.25) is 0 Å². The fourth-order valence-electron chi connectivity index (χ4n) is 7.49. The van der Waals surface area contributed by atoms with Gasteiger partial charge in [-0.25, -0.2) is 0 Å². The van der Waals surface area contributed by atoms with Gasteiger partial charge in [0.05, 0.1) is 0 Å². The molecule has 0 spiro atoms. The molecule has 68 heavy (non-hydrogen) atoms. The molecule has 2 amide bonds. The van der Waals surface area contributed by atoms with E-state index in [4.69, 9.17) is 67.5 Å². The fourth-order valence-corrected chi connectivity index (χ4v) is 12.4. The third-order valence-electron chi connectivity index (χ3n) is 10.9. The van der Waals surface area contributed by atoms with Gasteiger partial charge >= 0.3 is 380 Å². The number of anilines is 2. The van der Waals surface area contributed by atoms with Crippen molar-refractivity contribution in [2.45, 2.75) is 75.7 Å². The van der Waals surface area contributed by atoms with Crippen molar-refractivity contribution in [1.82, 2.24) is 34.1 Å². The number of amides is 2. The number of thiol groups is 2. The molecular formula is C40H43F2N11O11P2S2. The summed E-state index contributed by atoms with van der Waals surface area (Å²) >= 11 is 9.46. The molecular weight excluding hydrogens is 975 g/mol. The number of benzene rings is 1. The van der Waals surface area contributed by atoms with Crippen LogP contribution in [-0.4, -0.2) is 102 Å². The fraction of sp³-hybridized carbons (Fsp3) is 0.425. The van der Waals surface area contributed by atoms with Crippen LogP contribution in [0.2, 0.25) is 0 Å². The third kappa shape index (κ3) is 10.1. The Hall–Kier alpha value is -5.23. The van der Waals surface area contributed by atoms with Gasteiger partial charge in [0.25, 0.3) is 0 Å². The first-order valence-corrected chi connectivity index (χ1v) is 26.8. The van der Waals surface area contributed by atoms with E-state index in [2.05, 4.69) is 41.5 Å². The first-order valence-electron chi connectivity index (χ1n) is 20.8. The van der Waals surface area contributed by atoms with Crippen LogP contribution in [0.1, 0.15) is 55.9 Å². The second-order valence-corrected chi connectivity index (χ2v) is 22.7. The number of ether oxygens (including phenoxy) is 2. The summed E-state index contributed by atoms with van der Waals surface area (Å²) in [5.74, 6) is -0.0756. The van der Waals surface area contributed by atoms with Gasteiger partial charge in [-0.3, -0.25) is 0 Å². The first kappa shape index (κ1) is 49.2. The number of halogens is 2. The summed E-state index contributed by atoms with van der Waals surface area (Å²) < 4.78 is 86.0. The molecule has 360 valence electrons. The van der Waals surface area contributed by atoms with E-state index in [9.17, 15) is 24.9 Å². The molecule has 28 heteroatoms. The van der Waals surface area contributed by atoms with Crippen LogP contribution < -0.4 is 16.2 Å². The minimum absolute atomic E-state index is 0.00331. The van der Waals surface area contributed by atoms with E-state index in [-0.39, 0.29) is 66.4 Å². The van der Waals surface area contributed by atoms with Crippen LogP contribution in [0.3, 0.4) is 0 Å². The van der Waals surface area contributed by atoms with E-state index in [1.807, 2.05) is 12.1 Å². The monoisotopic (exact) mass is 1020 g/mol. The number of terminal acetylenes is 1. The molecule has 0 aliphatic carbocycles. The van der Waals surface area contributed by atoms with Crippen molar-refractivity contribution in [3.05, 3.63) is 70.9 Å². The number of carbonyl (C=O) groups is 2. The normalized spacial score (nSPS) is 26.5. The Morgan fingerprint density at radius 3 is 2.46 bits per heavy atom. The van der Waals surface area contributed by atoms with Crippen molar-refractivity contribution >= 4 is 84.6 Å². The molecule has 0 saturated carbocycles. The second-order valence-electron chi connectivity index (χ2n) is 15.7. The molecule has 1 aromatic carbocycles. The maximum atomic E-state index is 17.1. The molecule has 0 unspecified atom stereocenters. The van der Waals surface area contributed by atoms with E-state index in [1.165, 1.54) is 9.13 Å². The number of imidazole rings is 1. The van der Waals surface area contributed by atoms with Gasteiger partial charge < -0.3 is 0 Å². The number of aromatic amines is 1. The summed E-state index contributed by atoms with van der Waals surface area (Å²) in [6, 6.07) is 12.1. The third-order valence-corrected chi connectivity index (χ3v) is 16.4. The standard InChI is InChI=1S/C40H43F2N11O11P2S2/c1-4-40-19-60-66(68,58-15-9-13-44)64-31-29(42)25(61-38(31)53-21-47-30-34(53)49-39(51-37(30)56)50-35(54)22(2)3)18-59-65(67,57-14-8-12-43)63-26(40)16-27(62-40)52-17-24(41)28-32(45-20-46-33(28)52)48-36(55)23-10-6-5-7-11-23/h1,5-7,10-11,17,20-22,25-27,29,31,38,65-68H,8-9,14-16,18-19H2,2-3H3,(H,45,46,48,55)(H2,49,50,51,54,56)/t25-,26+,27-,29-,31-,38-,40-/m1/s1. The topological polar surface area (TPSA) is 274 Å². The number of hydrogen-bond acceptors (Lipinski definition) is 19. The predicted molar refractivity (Wildman–Crippen MR) is 247 cm³/mol. The zero-order chi connectivity index (χ0) is 48.4. The number of nitrogens with one attached hydrogen (secondary N) is 3. The van der Waals surface area contributed by atoms with Crippen molar-refractivity contribution in [1.29, 1.82) is 10.5 Å². The molecule has 5 aromatic rings. The van der Waals surface area contributed by atoms with Crippen LogP contribution in [0.5, 0.6) is 0 Å². The van der Waals surface area contributed by atoms with Gasteiger partial charge in [-0.05, 0) is 0 Å². The van der Waals surface area contributed by atoms with Crippen LogP contribution >= 0.6 is 38.8 Å². The van der Waals surface area contributed by atoms with E-state index < -0.39 is 99.2 Å². The van der Waals surface area contributed by atoms with Gasteiger partial charge in [-0.1, -0.05) is 18.2 Å². The van der Waals surface area contributed by atoms with E-state index in [1.54, 1.807) is 44.2 Å². The molecule has 3 aliphatic heterocycles. The molecule has 3 fully saturated rings. The average Bonchev–Trinajstić information content (AvgIpc) is 4.08. The summed E-state index contributed by atoms with van der Waals surface area (Å²) in [4.78, 5) is 58.3. The Kier molecular flexibility index (Phi) is 14.8. The van der Waals surface area contributed by atoms with Crippen molar-refractivity contribution < 1.29 is 55.0 Å². The zero-order valence-corrected chi connectivity index (χ0v) is 39.7. The van der Waals surface area contributed by atoms with Crippen molar-refractivity contribution in [3.63, 3.8) is 0 Å². The summed E-state index contributed by atoms with van der Waals surface area (Å²) in [5.41, 5.74) is -2.74. The van der Waals surface area contributed by atoms with Crippen LogP contribution in [0, 0.1) is 46.7 Å². The van der Waals surface area contributed by atoms with Crippen molar-refractivity contribution in [3.8, 4) is 24.5 Å². The van der Waals surface area contributed by atoms with Crippen LogP contribution in [0.4, 0.5) is 20.5 Å². The molecule has 0 radical (unpaired) electrons. The number of nitriles is 2. The molecule has 22 nitrogen and oxygen atoms in total. The Morgan fingerprint density at radius 2 is 1.76 bits per heavy atom. The SMILES string of the molecule is C#C[C@@]12CO[PH](S)(OCCC#N)O[C@@H]3[C@H](F)[C@@H](CO[PH](S)(OCCC#N)O[C@H]1C[C@H](n1cc(F)c4c(NC(=O)c5ccccc5)ncnc41)O2)O[C@H]3n1cnc2c(=O)[nH]c(NC(=O)C(C)C)nc21. The number of H-pyrrole nitrogens is 1. The number of nitrogens with zero attached hydrogens (tertiary/aromatic N) is 8. The molecule has 4 aromatic heterocycles. The summed E-state index contributed by atoms with van der Waals surface area (Å²) in [5, 5.41) is 23.8. The Morgan fingerprint density at radius 1 is 1.04 bits per heavy atom. The molecule has 7 atom stereocenters. The van der Waals surface area contributed by atoms with E-state index >= 15 is 8.78 Å². The predicted octanol–water partition coefficient (Wildman–Crippen LogP) is 5.43. The Labute approximate surface area is 396 Å². The van der Waals surface area contributed by atoms with Gasteiger partial charge in [-0.15, -0.1) is 0 Å². The minimum atomic E-state index is -4.55. The first-order chi connectivity index (χ1) is 32.6. The van der Waals surface area contributed by atoms with Crippen LogP contribution in [0.15, 0.2) is 54.0 Å². The molecule has 3 aliphatic rings. The number of carbonyl (C=O) groups excluding carboxylic acids is 2. The summed E-state index contributed by atoms with van der Waals surface area (Å²) in [7, 11) is -8.93. The number of fused-ring (bicyclic) bond motifs is 5. The van der Waals surface area contributed by atoms with Crippen LogP contribution in [-0.2, 0) is 41.4 Å². The summed E-state index contributed by atoms with van der Waals surface area (Å²) in [6.07, 6.45) is -0.0914. The molecule has 3 N–H and O–H groups in total. The number of rotatable bonds is 12. The molecule has 7 heterocycles. The van der Waals surface area contributed by atoms with Gasteiger partial charge in [0, 0.05) is 0 Å². The molecule has 8 rings (SSSR count). The number of alkyl halides is 1. The summed E-state index contributed by atoms with van der Waals surface area (Å²) in [6.45, 7) is 1.44. The van der Waals surface area contributed by atoms with Gasteiger partial charge in [0.1, 0.15) is 0 Å². The number of aromatic nitrogens is 7. The van der Waals surface area contributed by atoms with Crippen molar-refractivity contribution in [2.24, 2.45) is 5.92 Å². The van der Waals surface area contributed by atoms with E-state index in [0.29, 0.717) is 5.56 Å². The van der Waals surface area contributed by atoms with Gasteiger partial charge in [-0.2, -0.15) is 0 Å². The zero-order valence-electron chi connectivity index (χ0n) is 35.9. The maximum absolute atomic E-state index is 17.1. The molecule has 3 saturated heterocycles. The Balaban J connectivity index is 1.17. The van der Waals surface area contributed by atoms with Gasteiger partial charge in [0.15, 0.2) is 0 Å². The number of hydrogen-bond donors (Lipinski definition) is 5. The molecule has 2 bridgehead atoms. The van der Waals surface area contributed by atoms with Crippen molar-refractivity contribution in [2.75, 3.05) is 37.1 Å². The quantitative estimate of drug-likeness (QED) is 0.0451. The van der Waals surface area contributed by atoms with Crippen LogP contribution in [0.25, 0.3) is 22.2 Å². The second kappa shape index (κ2) is 20.4. The van der Waals surface area contributed by atoms with E-state index in [0.717, 1.165) is 18.9 Å². The Bertz CT molecular complexity index is 2900. The average molecular weight is 1020 g/mol.